The van der Waals surface area contributed by atoms with Crippen LogP contribution in [0.25, 0.3) is 11.1 Å². The second-order valence-electron chi connectivity index (χ2n) is 11.8. The van der Waals surface area contributed by atoms with Crippen LogP contribution < -0.4 is 5.32 Å². The fraction of sp³-hybridized carbons (Fsp3) is 0.316. The zero-order valence-electron chi connectivity index (χ0n) is 26.6. The maximum atomic E-state index is 12.3. The first-order chi connectivity index (χ1) is 22.3. The minimum absolute atomic E-state index is 0.00177. The zero-order valence-corrected chi connectivity index (χ0v) is 26.6. The molecular weight excluding hydrogens is 580 g/mol. The first-order valence-corrected chi connectivity index (χ1v) is 15.6. The van der Waals surface area contributed by atoms with Gasteiger partial charge in [-0.15, -0.1) is 0 Å². The number of aliphatic hydroxyl groups is 1. The summed E-state index contributed by atoms with van der Waals surface area (Å²) in [5, 5.41) is 12.4. The Balaban J connectivity index is 1.33. The first-order valence-electron chi connectivity index (χ1n) is 15.6. The summed E-state index contributed by atoms with van der Waals surface area (Å²) in [6.45, 7) is 4.69. The van der Waals surface area contributed by atoms with Crippen molar-refractivity contribution >= 4 is 11.9 Å². The average molecular weight is 623 g/mol. The number of ether oxygens (including phenoxy) is 3. The van der Waals surface area contributed by atoms with Crippen LogP contribution >= 0.6 is 0 Å². The summed E-state index contributed by atoms with van der Waals surface area (Å²) in [6, 6.07) is 34.5. The quantitative estimate of drug-likeness (QED) is 0.185. The number of nitrogens with zero attached hydrogens (tertiary/aromatic N) is 1. The van der Waals surface area contributed by atoms with Gasteiger partial charge in [-0.2, -0.15) is 0 Å². The van der Waals surface area contributed by atoms with Crippen LogP contribution in [0.2, 0.25) is 0 Å². The van der Waals surface area contributed by atoms with Crippen molar-refractivity contribution in [3.63, 3.8) is 0 Å². The van der Waals surface area contributed by atoms with Gasteiger partial charge in [0.1, 0.15) is 0 Å². The highest BCUT2D eigenvalue weighted by Gasteiger charge is 2.33. The molecule has 0 aliphatic carbocycles. The van der Waals surface area contributed by atoms with Gasteiger partial charge in [-0.1, -0.05) is 91.0 Å². The Morgan fingerprint density at radius 2 is 1.57 bits per heavy atom. The van der Waals surface area contributed by atoms with E-state index in [9.17, 15) is 14.7 Å². The van der Waals surface area contributed by atoms with Crippen LogP contribution in [0.4, 0.5) is 0 Å². The molecule has 0 radical (unpaired) electrons. The van der Waals surface area contributed by atoms with Crippen LogP contribution in [0.1, 0.15) is 60.5 Å². The summed E-state index contributed by atoms with van der Waals surface area (Å²) in [5.74, 6) is -0.842. The number of amides is 1. The number of carbonyl (C=O) groups excluding carboxylic acids is 2. The molecule has 1 aliphatic heterocycles. The highest BCUT2D eigenvalue weighted by molar-refractivity contribution is 5.82. The molecule has 8 heteroatoms. The van der Waals surface area contributed by atoms with E-state index in [2.05, 4.69) is 47.6 Å². The molecule has 240 valence electrons. The average Bonchev–Trinajstić information content (AvgIpc) is 3.07. The molecule has 5 rings (SSSR count). The lowest BCUT2D eigenvalue weighted by molar-refractivity contribution is -0.252. The normalized spacial score (nSPS) is 18.6. The number of aliphatic hydroxyl groups excluding tert-OH is 1. The molecule has 4 atom stereocenters. The van der Waals surface area contributed by atoms with Crippen LogP contribution in [0.5, 0.6) is 0 Å². The number of rotatable bonds is 12. The van der Waals surface area contributed by atoms with Crippen molar-refractivity contribution in [2.24, 2.45) is 0 Å². The minimum atomic E-state index is -0.855. The first kappa shape index (κ1) is 33.0. The van der Waals surface area contributed by atoms with E-state index in [1.165, 1.54) is 12.5 Å². The molecule has 2 N–H and O–H groups in total. The number of esters is 1. The summed E-state index contributed by atoms with van der Waals surface area (Å²) in [6.07, 6.45) is -0.966. The van der Waals surface area contributed by atoms with Gasteiger partial charge in [-0.05, 0) is 59.5 Å². The van der Waals surface area contributed by atoms with Gasteiger partial charge >= 0.3 is 5.97 Å². The lowest BCUT2D eigenvalue weighted by Gasteiger charge is -2.38. The number of likely N-dealkylation sites (N-methyl/N-ethyl adjacent to an activating group) is 1. The summed E-state index contributed by atoms with van der Waals surface area (Å²) >= 11 is 0. The molecule has 1 aliphatic rings. The van der Waals surface area contributed by atoms with Gasteiger partial charge in [0.05, 0.1) is 18.8 Å². The van der Waals surface area contributed by atoms with Gasteiger partial charge < -0.3 is 24.6 Å². The fourth-order valence-electron chi connectivity index (χ4n) is 5.70. The molecule has 8 nitrogen and oxygen atoms in total. The van der Waals surface area contributed by atoms with Crippen molar-refractivity contribution in [3.05, 3.63) is 131 Å². The molecule has 1 fully saturated rings. The smallest absolute Gasteiger partial charge is 0.303 e. The van der Waals surface area contributed by atoms with Gasteiger partial charge in [0.15, 0.2) is 12.4 Å². The lowest BCUT2D eigenvalue weighted by Crippen LogP contribution is -2.37. The van der Waals surface area contributed by atoms with Gasteiger partial charge in [-0.3, -0.25) is 14.5 Å². The fourth-order valence-corrected chi connectivity index (χ4v) is 5.70. The third-order valence-corrected chi connectivity index (χ3v) is 8.02. The highest BCUT2D eigenvalue weighted by Crippen LogP contribution is 2.39. The standard InChI is InChI=1S/C38H42N2O6/c1-26(44-27(2)42)37(43)39-22-30-11-7-12-32(19-30)33-13-8-14-34(20-33)38-45-35(24-40(3)23-28-9-5-4-6-10-28)21-36(46-38)31-17-15-29(25-41)16-18-31/h4-20,26,35-36,38,41H,21-25H2,1-3H3,(H,39,43)/t26-,35+,36-,38-/m0/s1. The lowest BCUT2D eigenvalue weighted by atomic mass is 9.98. The second kappa shape index (κ2) is 15.8. The van der Waals surface area contributed by atoms with Gasteiger partial charge in [0.2, 0.25) is 0 Å². The topological polar surface area (TPSA) is 97.3 Å². The van der Waals surface area contributed by atoms with Crippen LogP contribution in [0.15, 0.2) is 103 Å². The predicted molar refractivity (Wildman–Crippen MR) is 176 cm³/mol. The van der Waals surface area contributed by atoms with Crippen LogP contribution in [-0.4, -0.2) is 47.7 Å². The number of carbonyl (C=O) groups is 2. The van der Waals surface area contributed by atoms with E-state index in [0.717, 1.165) is 46.5 Å². The molecule has 0 unspecified atom stereocenters. The molecule has 4 aromatic rings. The van der Waals surface area contributed by atoms with Crippen LogP contribution in [0, 0.1) is 0 Å². The third kappa shape index (κ3) is 9.11. The van der Waals surface area contributed by atoms with Gasteiger partial charge in [0, 0.05) is 38.5 Å². The van der Waals surface area contributed by atoms with E-state index in [-0.39, 0.29) is 24.7 Å². The number of hydrogen-bond donors (Lipinski definition) is 2. The van der Waals surface area contributed by atoms with Crippen molar-refractivity contribution in [1.82, 2.24) is 10.2 Å². The maximum Gasteiger partial charge on any atom is 0.303 e. The molecule has 1 saturated heterocycles. The van der Waals surface area contributed by atoms with Gasteiger partial charge in [0.25, 0.3) is 5.91 Å². The summed E-state index contributed by atoms with van der Waals surface area (Å²) in [4.78, 5) is 25.8. The Kier molecular flexibility index (Phi) is 11.3. The van der Waals surface area contributed by atoms with Crippen LogP contribution in [-0.2, 0) is 43.5 Å². The molecule has 1 amide bonds. The van der Waals surface area contributed by atoms with E-state index in [4.69, 9.17) is 14.2 Å². The summed E-state index contributed by atoms with van der Waals surface area (Å²) in [7, 11) is 2.11. The molecule has 4 aromatic carbocycles. The SMILES string of the molecule is CC(=O)O[C@@H](C)C(=O)NCc1cccc(-c2cccc([C@H]3O[C@@H](CN(C)Cc4ccccc4)C[C@@H](c4ccc(CO)cc4)O3)c2)c1. The third-order valence-electron chi connectivity index (χ3n) is 8.02. The molecule has 0 spiro atoms. The molecule has 0 saturated carbocycles. The highest BCUT2D eigenvalue weighted by atomic mass is 16.7. The molecule has 0 bridgehead atoms. The van der Waals surface area contributed by atoms with E-state index in [0.29, 0.717) is 13.0 Å². The molecular formula is C38H42N2O6. The number of benzene rings is 4. The van der Waals surface area contributed by atoms with E-state index in [1.54, 1.807) is 6.92 Å². The van der Waals surface area contributed by atoms with Crippen molar-refractivity contribution in [1.29, 1.82) is 0 Å². The van der Waals surface area contributed by atoms with Crippen molar-refractivity contribution < 1.29 is 28.9 Å². The monoisotopic (exact) mass is 622 g/mol. The summed E-state index contributed by atoms with van der Waals surface area (Å²) in [5.41, 5.74) is 6.99. The van der Waals surface area contributed by atoms with E-state index < -0.39 is 18.4 Å². The van der Waals surface area contributed by atoms with Crippen LogP contribution in [0.3, 0.4) is 0 Å². The van der Waals surface area contributed by atoms with E-state index in [1.807, 2.05) is 72.8 Å². The van der Waals surface area contributed by atoms with Crippen molar-refractivity contribution in [3.8, 4) is 11.1 Å². The second-order valence-corrected chi connectivity index (χ2v) is 11.8. The number of nitrogens with one attached hydrogen (secondary N) is 1. The Morgan fingerprint density at radius 3 is 2.28 bits per heavy atom. The Hall–Kier alpha value is -4.34. The molecule has 1 heterocycles. The largest absolute Gasteiger partial charge is 0.453 e. The Labute approximate surface area is 270 Å². The molecule has 0 aromatic heterocycles. The van der Waals surface area contributed by atoms with Gasteiger partial charge in [-0.25, -0.2) is 0 Å². The number of hydrogen-bond acceptors (Lipinski definition) is 7. The Morgan fingerprint density at radius 1 is 0.870 bits per heavy atom. The predicted octanol–water partition coefficient (Wildman–Crippen LogP) is 6.09. The zero-order chi connectivity index (χ0) is 32.5. The maximum absolute atomic E-state index is 12.3. The van der Waals surface area contributed by atoms with Crippen molar-refractivity contribution in [2.75, 3.05) is 13.6 Å². The Bertz CT molecular complexity index is 1590. The summed E-state index contributed by atoms with van der Waals surface area (Å²) < 4.78 is 18.2. The van der Waals surface area contributed by atoms with Crippen molar-refractivity contribution in [2.45, 2.75) is 64.6 Å². The minimum Gasteiger partial charge on any atom is -0.453 e. The van der Waals surface area contributed by atoms with E-state index >= 15 is 0 Å². The molecule has 46 heavy (non-hydrogen) atoms.